The second-order valence-electron chi connectivity index (χ2n) is 9.08. The molecule has 10 nitrogen and oxygen atoms in total. The maximum absolute atomic E-state index is 14.4. The first-order chi connectivity index (χ1) is 18.6. The summed E-state index contributed by atoms with van der Waals surface area (Å²) in [6.45, 7) is 3.70. The van der Waals surface area contributed by atoms with E-state index in [1.165, 1.54) is 11.0 Å². The van der Waals surface area contributed by atoms with Crippen LogP contribution in [0.3, 0.4) is 0 Å². The fourth-order valence-electron chi connectivity index (χ4n) is 4.03. The van der Waals surface area contributed by atoms with Crippen LogP contribution in [0.25, 0.3) is 17.3 Å². The van der Waals surface area contributed by atoms with Crippen molar-refractivity contribution in [3.05, 3.63) is 59.8 Å². The molecule has 0 spiro atoms. The predicted octanol–water partition coefficient (Wildman–Crippen LogP) is 4.23. The van der Waals surface area contributed by atoms with Crippen molar-refractivity contribution in [3.63, 3.8) is 0 Å². The highest BCUT2D eigenvalue weighted by molar-refractivity contribution is 5.68. The van der Waals surface area contributed by atoms with Crippen LogP contribution >= 0.6 is 0 Å². The zero-order chi connectivity index (χ0) is 27.7. The first-order valence-electron chi connectivity index (χ1n) is 12.0. The molecule has 0 amide bonds. The Kier molecular flexibility index (Phi) is 7.04. The third-order valence-corrected chi connectivity index (χ3v) is 6.04. The number of nitrogens with one attached hydrogen (secondary N) is 1. The first kappa shape index (κ1) is 26.3. The zero-order valence-electron chi connectivity index (χ0n) is 21.4. The van der Waals surface area contributed by atoms with E-state index in [9.17, 15) is 17.6 Å². The summed E-state index contributed by atoms with van der Waals surface area (Å²) in [7, 11) is 3.34. The number of rotatable bonds is 6. The number of aryl methyl sites for hydroxylation is 1. The van der Waals surface area contributed by atoms with E-state index in [1.807, 2.05) is 0 Å². The van der Waals surface area contributed by atoms with E-state index < -0.39 is 17.6 Å². The normalized spacial score (nSPS) is 14.0. The topological polar surface area (TPSA) is 97.1 Å². The summed E-state index contributed by atoms with van der Waals surface area (Å²) in [5.74, 6) is -0.292. The summed E-state index contributed by atoms with van der Waals surface area (Å²) in [4.78, 5) is 17.4. The Morgan fingerprint density at radius 2 is 1.74 bits per heavy atom. The van der Waals surface area contributed by atoms with Gasteiger partial charge in [0.1, 0.15) is 5.69 Å². The SMILES string of the molecule is Cc1nn(-c2ncc(F)c(N3CCOCC3)n2)nc1-c1ccc(Nc2cc(N(C)C)cc(C(F)(F)F)c2)cn1. The molecule has 0 aliphatic carbocycles. The van der Waals surface area contributed by atoms with Crippen molar-refractivity contribution in [2.75, 3.05) is 55.5 Å². The highest BCUT2D eigenvalue weighted by atomic mass is 19.4. The first-order valence-corrected chi connectivity index (χ1v) is 12.0. The lowest BCUT2D eigenvalue weighted by Crippen LogP contribution is -2.37. The fraction of sp³-hybridized carbons (Fsp3) is 0.320. The third kappa shape index (κ3) is 5.74. The van der Waals surface area contributed by atoms with Gasteiger partial charge in [-0.1, -0.05) is 0 Å². The van der Waals surface area contributed by atoms with Crippen LogP contribution in [0.15, 0.2) is 42.7 Å². The van der Waals surface area contributed by atoms with Gasteiger partial charge in [-0.3, -0.25) is 4.98 Å². The van der Waals surface area contributed by atoms with Crippen molar-refractivity contribution in [3.8, 4) is 17.3 Å². The molecule has 0 unspecified atom stereocenters. The van der Waals surface area contributed by atoms with Gasteiger partial charge in [0.25, 0.3) is 5.95 Å². The summed E-state index contributed by atoms with van der Waals surface area (Å²) in [5, 5.41) is 11.8. The lowest BCUT2D eigenvalue weighted by atomic mass is 10.1. The second-order valence-corrected chi connectivity index (χ2v) is 9.08. The minimum Gasteiger partial charge on any atom is -0.378 e. The van der Waals surface area contributed by atoms with Crippen LogP contribution in [-0.2, 0) is 10.9 Å². The minimum atomic E-state index is -4.48. The number of halogens is 4. The summed E-state index contributed by atoms with van der Waals surface area (Å²) in [5.41, 5.74) is 1.89. The molecule has 14 heteroatoms. The molecule has 1 aliphatic rings. The molecule has 1 saturated heterocycles. The van der Waals surface area contributed by atoms with Crippen LogP contribution in [0.2, 0.25) is 0 Å². The van der Waals surface area contributed by atoms with Gasteiger partial charge < -0.3 is 19.9 Å². The molecule has 4 heterocycles. The fourth-order valence-corrected chi connectivity index (χ4v) is 4.03. The Morgan fingerprint density at radius 1 is 0.974 bits per heavy atom. The Bertz CT molecular complexity index is 1470. The van der Waals surface area contributed by atoms with Crippen molar-refractivity contribution >= 4 is 22.9 Å². The van der Waals surface area contributed by atoms with Gasteiger partial charge in [-0.05, 0) is 37.3 Å². The van der Waals surface area contributed by atoms with Gasteiger partial charge in [0, 0.05) is 38.6 Å². The molecule has 4 aromatic rings. The van der Waals surface area contributed by atoms with Gasteiger partial charge in [-0.2, -0.15) is 18.2 Å². The lowest BCUT2D eigenvalue weighted by molar-refractivity contribution is -0.137. The molecule has 1 N–H and O–H groups in total. The van der Waals surface area contributed by atoms with E-state index in [4.69, 9.17) is 4.74 Å². The standard InChI is InChI=1S/C25H25F4N9O/c1-15-22(35-38(34-15)24-31-14-20(26)23(33-24)37-6-8-39-9-7-37)21-5-4-17(13-30-21)32-18-10-16(25(27,28)29)11-19(12-18)36(2)3/h4-5,10-14,32H,6-9H2,1-3H3. The van der Waals surface area contributed by atoms with Crippen molar-refractivity contribution in [2.24, 2.45) is 0 Å². The number of anilines is 4. The quantitative estimate of drug-likeness (QED) is 0.359. The van der Waals surface area contributed by atoms with Gasteiger partial charge in [-0.15, -0.1) is 15.0 Å². The van der Waals surface area contributed by atoms with Crippen LogP contribution in [0.5, 0.6) is 0 Å². The molecular weight excluding hydrogens is 518 g/mol. The van der Waals surface area contributed by atoms with Crippen LogP contribution in [0.4, 0.5) is 40.4 Å². The van der Waals surface area contributed by atoms with Gasteiger partial charge in [0.05, 0.1) is 48.2 Å². The Hall–Kier alpha value is -4.33. The summed E-state index contributed by atoms with van der Waals surface area (Å²) in [6.07, 6.45) is -1.90. The van der Waals surface area contributed by atoms with Crippen molar-refractivity contribution < 1.29 is 22.3 Å². The average Bonchev–Trinajstić information content (AvgIpc) is 3.30. The molecule has 3 aromatic heterocycles. The van der Waals surface area contributed by atoms with Crippen LogP contribution < -0.4 is 15.1 Å². The van der Waals surface area contributed by atoms with Gasteiger partial charge >= 0.3 is 6.18 Å². The number of hydrogen-bond acceptors (Lipinski definition) is 9. The third-order valence-electron chi connectivity index (χ3n) is 6.04. The van der Waals surface area contributed by atoms with Gasteiger partial charge in [-0.25, -0.2) is 9.37 Å². The lowest BCUT2D eigenvalue weighted by Gasteiger charge is -2.27. The molecule has 204 valence electrons. The molecule has 0 bridgehead atoms. The number of pyridine rings is 1. The Balaban J connectivity index is 1.38. The second kappa shape index (κ2) is 10.4. The van der Waals surface area contributed by atoms with E-state index in [2.05, 4.69) is 30.5 Å². The van der Waals surface area contributed by atoms with E-state index in [0.717, 1.165) is 18.3 Å². The van der Waals surface area contributed by atoms with Crippen molar-refractivity contribution in [1.29, 1.82) is 0 Å². The van der Waals surface area contributed by atoms with Gasteiger partial charge in [0.2, 0.25) is 0 Å². The maximum Gasteiger partial charge on any atom is 0.416 e. The predicted molar refractivity (Wildman–Crippen MR) is 137 cm³/mol. The molecular formula is C25H25F4N9O. The molecule has 1 fully saturated rings. The molecule has 1 aromatic carbocycles. The number of morpholine rings is 1. The molecule has 0 radical (unpaired) electrons. The monoisotopic (exact) mass is 543 g/mol. The van der Waals surface area contributed by atoms with Gasteiger partial charge in [0.15, 0.2) is 11.6 Å². The van der Waals surface area contributed by atoms with E-state index in [-0.39, 0.29) is 17.5 Å². The number of ether oxygens (including phenoxy) is 1. The minimum absolute atomic E-state index is 0.103. The number of benzene rings is 1. The number of nitrogens with zero attached hydrogens (tertiary/aromatic N) is 8. The zero-order valence-corrected chi connectivity index (χ0v) is 21.4. The van der Waals surface area contributed by atoms with Crippen LogP contribution in [-0.4, -0.2) is 70.3 Å². The maximum atomic E-state index is 14.4. The average molecular weight is 544 g/mol. The molecule has 1 aliphatic heterocycles. The van der Waals surface area contributed by atoms with Crippen molar-refractivity contribution in [1.82, 2.24) is 29.9 Å². The summed E-state index contributed by atoms with van der Waals surface area (Å²) >= 11 is 0. The molecule has 39 heavy (non-hydrogen) atoms. The highest BCUT2D eigenvalue weighted by Gasteiger charge is 2.31. The largest absolute Gasteiger partial charge is 0.416 e. The highest BCUT2D eigenvalue weighted by Crippen LogP contribution is 2.35. The summed E-state index contributed by atoms with van der Waals surface area (Å²) in [6, 6.07) is 7.11. The molecule has 0 atom stereocenters. The van der Waals surface area contributed by atoms with Crippen LogP contribution in [0, 0.1) is 12.7 Å². The number of aromatic nitrogens is 6. The Morgan fingerprint density at radius 3 is 2.41 bits per heavy atom. The summed E-state index contributed by atoms with van der Waals surface area (Å²) < 4.78 is 59.9. The number of alkyl halides is 3. The van der Waals surface area contributed by atoms with E-state index in [0.29, 0.717) is 54.8 Å². The molecule has 0 saturated carbocycles. The Labute approximate surface area is 221 Å². The van der Waals surface area contributed by atoms with Crippen LogP contribution in [0.1, 0.15) is 11.3 Å². The van der Waals surface area contributed by atoms with E-state index >= 15 is 0 Å². The smallest absolute Gasteiger partial charge is 0.378 e. The van der Waals surface area contributed by atoms with E-state index in [1.54, 1.807) is 49.0 Å². The van der Waals surface area contributed by atoms with Crippen molar-refractivity contribution in [2.45, 2.75) is 13.1 Å². The molecule has 5 rings (SSSR count). The number of hydrogen-bond donors (Lipinski definition) is 1.